The van der Waals surface area contributed by atoms with Crippen LogP contribution in [0.1, 0.15) is 27.2 Å². The first kappa shape index (κ1) is 20.3. The summed E-state index contributed by atoms with van der Waals surface area (Å²) in [5, 5.41) is 2.13. The van der Waals surface area contributed by atoms with Crippen LogP contribution in [0.4, 0.5) is 14.5 Å². The molecule has 1 atom stereocenters. The van der Waals surface area contributed by atoms with Gasteiger partial charge in [-0.1, -0.05) is 6.07 Å². The summed E-state index contributed by atoms with van der Waals surface area (Å²) in [6.07, 6.45) is 0.307. The molecule has 0 aromatic heterocycles. The van der Waals surface area contributed by atoms with Crippen molar-refractivity contribution < 1.29 is 26.8 Å². The summed E-state index contributed by atoms with van der Waals surface area (Å²) in [6.45, 7) is 4.60. The van der Waals surface area contributed by atoms with Gasteiger partial charge in [0.05, 0.1) is 11.5 Å². The zero-order chi connectivity index (χ0) is 19.7. The molecule has 0 spiro atoms. The number of carbonyl (C=O) groups is 2. The highest BCUT2D eigenvalue weighted by Gasteiger charge is 2.43. The molecule has 26 heavy (non-hydrogen) atoms. The number of hydrogen-bond donors (Lipinski definition) is 1. The van der Waals surface area contributed by atoms with Crippen LogP contribution in [-0.2, 0) is 19.4 Å². The fourth-order valence-corrected chi connectivity index (χ4v) is 4.66. The molecule has 1 aliphatic heterocycles. The summed E-state index contributed by atoms with van der Waals surface area (Å²) in [4.78, 5) is 26.8. The first-order chi connectivity index (χ1) is 12.0. The van der Waals surface area contributed by atoms with Crippen LogP contribution >= 0.6 is 0 Å². The Hall–Kier alpha value is -2.03. The fourth-order valence-electron chi connectivity index (χ4n) is 2.93. The smallest absolute Gasteiger partial charge is 0.239 e. The number of sulfone groups is 1. The third kappa shape index (κ3) is 4.03. The van der Waals surface area contributed by atoms with Gasteiger partial charge in [-0.25, -0.2) is 17.2 Å². The average Bonchev–Trinajstić information content (AvgIpc) is 2.91. The van der Waals surface area contributed by atoms with Gasteiger partial charge in [-0.3, -0.25) is 9.59 Å². The Kier molecular flexibility index (Phi) is 5.70. The first-order valence-electron chi connectivity index (χ1n) is 8.26. The maximum atomic E-state index is 13.7. The molecule has 1 fully saturated rings. The van der Waals surface area contributed by atoms with Gasteiger partial charge in [-0.15, -0.1) is 0 Å². The maximum absolute atomic E-state index is 13.7. The highest BCUT2D eigenvalue weighted by atomic mass is 32.2. The molecule has 0 bridgehead atoms. The average molecular weight is 388 g/mol. The highest BCUT2D eigenvalue weighted by Crippen LogP contribution is 2.28. The summed E-state index contributed by atoms with van der Waals surface area (Å²) in [7, 11) is -3.20. The highest BCUT2D eigenvalue weighted by molar-refractivity contribution is 7.91. The van der Waals surface area contributed by atoms with E-state index in [2.05, 4.69) is 5.32 Å². The standard InChI is InChI=1S/C17H22F2N2O4S/c1-4-21(11-8-9-26(24,25)10-11)16(23)17(2,3)15(22)20-14-12(18)6-5-7-13(14)19/h5-7,11H,4,8-10H2,1-3H3,(H,20,22). The Bertz CT molecular complexity index is 804. The minimum absolute atomic E-state index is 0.00545. The molecule has 0 saturated carbocycles. The number of rotatable bonds is 5. The molecule has 6 nitrogen and oxygen atoms in total. The molecule has 1 saturated heterocycles. The number of nitrogens with zero attached hydrogens (tertiary/aromatic N) is 1. The number of hydrogen-bond acceptors (Lipinski definition) is 4. The molecule has 0 radical (unpaired) electrons. The van der Waals surface area contributed by atoms with E-state index in [4.69, 9.17) is 0 Å². The monoisotopic (exact) mass is 388 g/mol. The van der Waals surface area contributed by atoms with E-state index in [9.17, 15) is 26.8 Å². The minimum Gasteiger partial charge on any atom is -0.338 e. The summed E-state index contributed by atoms with van der Waals surface area (Å²) in [5.74, 6) is -3.51. The Labute approximate surface area is 151 Å². The molecule has 1 aliphatic rings. The van der Waals surface area contributed by atoms with Crippen molar-refractivity contribution in [2.75, 3.05) is 23.4 Å². The van der Waals surface area contributed by atoms with Crippen LogP contribution in [0.15, 0.2) is 18.2 Å². The van der Waals surface area contributed by atoms with E-state index in [1.807, 2.05) is 0 Å². The van der Waals surface area contributed by atoms with Crippen molar-refractivity contribution in [2.45, 2.75) is 33.2 Å². The second kappa shape index (κ2) is 7.30. The lowest BCUT2D eigenvalue weighted by Gasteiger charge is -2.34. The molecule has 2 amide bonds. The molecule has 1 heterocycles. The largest absolute Gasteiger partial charge is 0.338 e. The van der Waals surface area contributed by atoms with Crippen LogP contribution in [-0.4, -0.2) is 49.2 Å². The number of halogens is 2. The van der Waals surface area contributed by atoms with Crippen LogP contribution in [0.25, 0.3) is 0 Å². The Morgan fingerprint density at radius 1 is 1.27 bits per heavy atom. The lowest BCUT2D eigenvalue weighted by molar-refractivity contribution is -0.147. The second-order valence-electron chi connectivity index (χ2n) is 6.82. The minimum atomic E-state index is -3.20. The fraction of sp³-hybridized carbons (Fsp3) is 0.529. The van der Waals surface area contributed by atoms with E-state index < -0.39 is 50.4 Å². The number of para-hydroxylation sites is 1. The molecular formula is C17H22F2N2O4S. The van der Waals surface area contributed by atoms with E-state index >= 15 is 0 Å². The number of anilines is 1. The van der Waals surface area contributed by atoms with Crippen molar-refractivity contribution in [3.8, 4) is 0 Å². The van der Waals surface area contributed by atoms with E-state index in [0.29, 0.717) is 6.42 Å². The van der Waals surface area contributed by atoms with Crippen LogP contribution in [0.2, 0.25) is 0 Å². The summed E-state index contributed by atoms with van der Waals surface area (Å²) >= 11 is 0. The van der Waals surface area contributed by atoms with Crippen LogP contribution < -0.4 is 5.32 Å². The Morgan fingerprint density at radius 3 is 2.31 bits per heavy atom. The second-order valence-corrected chi connectivity index (χ2v) is 9.05. The third-order valence-corrected chi connectivity index (χ3v) is 6.30. The van der Waals surface area contributed by atoms with Gasteiger partial charge < -0.3 is 10.2 Å². The quantitative estimate of drug-likeness (QED) is 0.782. The zero-order valence-corrected chi connectivity index (χ0v) is 15.7. The molecule has 9 heteroatoms. The van der Waals surface area contributed by atoms with Crippen LogP contribution in [0, 0.1) is 17.0 Å². The lowest BCUT2D eigenvalue weighted by Crippen LogP contribution is -2.51. The van der Waals surface area contributed by atoms with E-state index in [1.165, 1.54) is 18.7 Å². The van der Waals surface area contributed by atoms with Crippen molar-refractivity contribution >= 4 is 27.3 Å². The van der Waals surface area contributed by atoms with Gasteiger partial charge in [0.1, 0.15) is 22.7 Å². The van der Waals surface area contributed by atoms with Gasteiger partial charge in [0, 0.05) is 12.6 Å². The Balaban J connectivity index is 2.21. The number of benzene rings is 1. The first-order valence-corrected chi connectivity index (χ1v) is 10.1. The van der Waals surface area contributed by atoms with Crippen molar-refractivity contribution in [2.24, 2.45) is 5.41 Å². The number of carbonyl (C=O) groups excluding carboxylic acids is 2. The van der Waals surface area contributed by atoms with Gasteiger partial charge in [0.2, 0.25) is 11.8 Å². The van der Waals surface area contributed by atoms with Gasteiger partial charge in [0.15, 0.2) is 9.84 Å². The number of amides is 2. The number of nitrogens with one attached hydrogen (secondary N) is 1. The van der Waals surface area contributed by atoms with Crippen LogP contribution in [0.3, 0.4) is 0 Å². The van der Waals surface area contributed by atoms with Crippen molar-refractivity contribution in [3.63, 3.8) is 0 Å². The maximum Gasteiger partial charge on any atom is 0.239 e. The van der Waals surface area contributed by atoms with Crippen molar-refractivity contribution in [1.82, 2.24) is 4.90 Å². The predicted octanol–water partition coefficient (Wildman–Crippen LogP) is 1.97. The molecule has 1 aromatic rings. The molecule has 1 N–H and O–H groups in total. The molecule has 1 aromatic carbocycles. The molecule has 1 unspecified atom stereocenters. The molecular weight excluding hydrogens is 366 g/mol. The van der Waals surface area contributed by atoms with Gasteiger partial charge in [0.25, 0.3) is 0 Å². The van der Waals surface area contributed by atoms with Crippen LogP contribution in [0.5, 0.6) is 0 Å². The van der Waals surface area contributed by atoms with E-state index in [1.54, 1.807) is 6.92 Å². The normalized spacial score (nSPS) is 19.2. The molecule has 0 aliphatic carbocycles. The Morgan fingerprint density at radius 2 is 1.85 bits per heavy atom. The summed E-state index contributed by atoms with van der Waals surface area (Å²) < 4.78 is 50.8. The lowest BCUT2D eigenvalue weighted by atomic mass is 9.89. The topological polar surface area (TPSA) is 83.6 Å². The van der Waals surface area contributed by atoms with E-state index in [-0.39, 0.29) is 18.1 Å². The van der Waals surface area contributed by atoms with Gasteiger partial charge >= 0.3 is 0 Å². The van der Waals surface area contributed by atoms with Crippen molar-refractivity contribution in [1.29, 1.82) is 0 Å². The summed E-state index contributed by atoms with van der Waals surface area (Å²) in [6, 6.07) is 2.65. The molecule has 2 rings (SSSR count). The third-order valence-electron chi connectivity index (χ3n) is 4.55. The molecule has 144 valence electrons. The zero-order valence-electron chi connectivity index (χ0n) is 14.9. The summed E-state index contributed by atoms with van der Waals surface area (Å²) in [5.41, 5.74) is -2.25. The SMILES string of the molecule is CCN(C(=O)C(C)(C)C(=O)Nc1c(F)cccc1F)C1CCS(=O)(=O)C1. The van der Waals surface area contributed by atoms with Gasteiger partial charge in [-0.05, 0) is 39.3 Å². The van der Waals surface area contributed by atoms with Gasteiger partial charge in [-0.2, -0.15) is 0 Å². The van der Waals surface area contributed by atoms with Crippen molar-refractivity contribution in [3.05, 3.63) is 29.8 Å². The predicted molar refractivity (Wildman–Crippen MR) is 93.2 cm³/mol. The van der Waals surface area contributed by atoms with E-state index in [0.717, 1.165) is 18.2 Å².